The van der Waals surface area contributed by atoms with Gasteiger partial charge in [-0.2, -0.15) is 0 Å². The minimum absolute atomic E-state index is 0.0144. The molecular formula is C44H83NO12Si3. The summed E-state index contributed by atoms with van der Waals surface area (Å²) in [6.07, 6.45) is -9.34. The van der Waals surface area contributed by atoms with Gasteiger partial charge in [0.05, 0.1) is 32.0 Å². The van der Waals surface area contributed by atoms with Crippen LogP contribution in [0.1, 0.15) is 67.4 Å². The largest absolute Gasteiger partial charge is 0.449 e. The SMILES string of the molecule is COC[C@H]1O[C@@H](N(C(=O)OCC[Si](C)(C)C)C(=O)[C@@H](OCc2ccccc2)[C@H](O)C[C@@H](O[Si](C)(C)C(C)(C)C)[C@@H](C)[C@@H](C)O[Si](C)(C)C(C)(C)C)[C@H](OC)[C@@H](OC)[C@@H]1OC. The number of methoxy groups -OCH3 is 4. The number of carbonyl (C=O) groups is 2. The van der Waals surface area contributed by atoms with E-state index in [2.05, 4.69) is 101 Å². The lowest BCUT2D eigenvalue weighted by molar-refractivity contribution is -0.275. The molecule has 1 fully saturated rings. The summed E-state index contributed by atoms with van der Waals surface area (Å²) in [5.74, 6) is -1.05. The van der Waals surface area contributed by atoms with E-state index in [1.54, 1.807) is 0 Å². The molecule has 0 spiro atoms. The van der Waals surface area contributed by atoms with Crippen molar-refractivity contribution in [2.45, 2.75) is 185 Å². The van der Waals surface area contributed by atoms with E-state index in [1.807, 2.05) is 30.3 Å². The molecule has 1 heterocycles. The summed E-state index contributed by atoms with van der Waals surface area (Å²) in [5, 5.41) is 12.3. The smallest absolute Gasteiger partial charge is 0.418 e. The molecule has 1 aliphatic heterocycles. The van der Waals surface area contributed by atoms with Crippen molar-refractivity contribution < 1.29 is 56.7 Å². The summed E-state index contributed by atoms with van der Waals surface area (Å²) >= 11 is 0. The highest BCUT2D eigenvalue weighted by molar-refractivity contribution is 6.76. The van der Waals surface area contributed by atoms with E-state index >= 15 is 4.79 Å². The van der Waals surface area contributed by atoms with Crippen LogP contribution in [0.15, 0.2) is 30.3 Å². The highest BCUT2D eigenvalue weighted by Crippen LogP contribution is 2.42. The number of aliphatic hydroxyl groups is 1. The molecule has 2 amide bonds. The second-order valence-corrected chi connectivity index (χ2v) is 35.8. The number of nitrogens with zero attached hydrogens (tertiary/aromatic N) is 1. The molecule has 0 aromatic heterocycles. The third-order valence-electron chi connectivity index (χ3n) is 12.7. The Morgan fingerprint density at radius 1 is 0.800 bits per heavy atom. The van der Waals surface area contributed by atoms with Crippen LogP contribution in [0, 0.1) is 5.92 Å². The van der Waals surface area contributed by atoms with E-state index in [1.165, 1.54) is 28.4 Å². The molecule has 1 aromatic carbocycles. The molecule has 0 unspecified atom stereocenters. The van der Waals surface area contributed by atoms with Crippen molar-refractivity contribution in [2.24, 2.45) is 5.92 Å². The quantitative estimate of drug-likeness (QED) is 0.112. The van der Waals surface area contributed by atoms with Gasteiger partial charge in [0.2, 0.25) is 0 Å². The van der Waals surface area contributed by atoms with Crippen LogP contribution in [0.2, 0.25) is 61.9 Å². The van der Waals surface area contributed by atoms with E-state index in [-0.39, 0.29) is 48.3 Å². The molecule has 348 valence electrons. The third kappa shape index (κ3) is 15.0. The minimum atomic E-state index is -2.46. The number of hydrogen-bond acceptors (Lipinski definition) is 12. The monoisotopic (exact) mass is 902 g/mol. The Morgan fingerprint density at radius 2 is 1.33 bits per heavy atom. The van der Waals surface area contributed by atoms with Crippen LogP contribution in [-0.4, -0.2) is 143 Å². The average Bonchev–Trinajstić information content (AvgIpc) is 3.12. The molecule has 16 heteroatoms. The Balaban J connectivity index is 2.79. The van der Waals surface area contributed by atoms with Crippen molar-refractivity contribution in [1.29, 1.82) is 0 Å². The van der Waals surface area contributed by atoms with Gasteiger partial charge in [-0.05, 0) is 54.8 Å². The van der Waals surface area contributed by atoms with Crippen molar-refractivity contribution in [3.8, 4) is 0 Å². The van der Waals surface area contributed by atoms with Crippen molar-refractivity contribution in [1.82, 2.24) is 4.90 Å². The van der Waals surface area contributed by atoms with Gasteiger partial charge in [0.15, 0.2) is 29.0 Å². The number of imide groups is 1. The van der Waals surface area contributed by atoms with Crippen LogP contribution in [0.4, 0.5) is 4.79 Å². The first-order valence-corrected chi connectivity index (χ1v) is 31.0. The van der Waals surface area contributed by atoms with Crippen molar-refractivity contribution >= 4 is 36.7 Å². The zero-order valence-electron chi connectivity index (χ0n) is 40.6. The zero-order chi connectivity index (χ0) is 46.0. The van der Waals surface area contributed by atoms with Gasteiger partial charge >= 0.3 is 6.09 Å². The van der Waals surface area contributed by atoms with E-state index in [4.69, 9.17) is 42.0 Å². The van der Waals surface area contributed by atoms with E-state index in [9.17, 15) is 9.90 Å². The predicted molar refractivity (Wildman–Crippen MR) is 244 cm³/mol. The Kier molecular flexibility index (Phi) is 20.8. The maximum absolute atomic E-state index is 15.4. The molecule has 0 aliphatic carbocycles. The fourth-order valence-corrected chi connectivity index (χ4v) is 10.3. The van der Waals surface area contributed by atoms with Gasteiger partial charge in [0.25, 0.3) is 5.91 Å². The lowest BCUT2D eigenvalue weighted by Crippen LogP contribution is -2.67. The second-order valence-electron chi connectivity index (χ2n) is 20.6. The topological polar surface area (TPSA) is 141 Å². The van der Waals surface area contributed by atoms with Gasteiger partial charge in [-0.15, -0.1) is 0 Å². The van der Waals surface area contributed by atoms with Crippen LogP contribution in [0.3, 0.4) is 0 Å². The van der Waals surface area contributed by atoms with Crippen LogP contribution in [0.5, 0.6) is 0 Å². The predicted octanol–water partition coefficient (Wildman–Crippen LogP) is 8.48. The second kappa shape index (κ2) is 22.9. The Labute approximate surface area is 366 Å². The fourth-order valence-electron chi connectivity index (χ4n) is 6.62. The maximum Gasteiger partial charge on any atom is 0.418 e. The number of carbonyl (C=O) groups excluding carboxylic acids is 2. The molecule has 13 nitrogen and oxygen atoms in total. The molecule has 1 aliphatic rings. The Morgan fingerprint density at radius 3 is 1.82 bits per heavy atom. The lowest BCUT2D eigenvalue weighted by atomic mass is 9.92. The molecule has 1 aromatic rings. The van der Waals surface area contributed by atoms with Crippen LogP contribution in [-0.2, 0) is 53.4 Å². The van der Waals surface area contributed by atoms with E-state index in [0.717, 1.165) is 10.5 Å². The minimum Gasteiger partial charge on any atom is -0.449 e. The average molecular weight is 902 g/mol. The zero-order valence-corrected chi connectivity index (χ0v) is 43.6. The molecule has 0 saturated carbocycles. The molecule has 0 radical (unpaired) electrons. The molecule has 60 heavy (non-hydrogen) atoms. The highest BCUT2D eigenvalue weighted by atomic mass is 28.4. The highest BCUT2D eigenvalue weighted by Gasteiger charge is 2.54. The number of ether oxygens (including phenoxy) is 7. The summed E-state index contributed by atoms with van der Waals surface area (Å²) in [6.45, 7) is 32.7. The van der Waals surface area contributed by atoms with Gasteiger partial charge in [0.1, 0.15) is 24.4 Å². The number of amides is 2. The van der Waals surface area contributed by atoms with Gasteiger partial charge in [-0.1, -0.05) is 98.4 Å². The number of rotatable bonds is 22. The molecule has 2 rings (SSSR count). The lowest BCUT2D eigenvalue weighted by Gasteiger charge is -2.47. The first kappa shape index (κ1) is 54.6. The molecule has 1 N–H and O–H groups in total. The van der Waals surface area contributed by atoms with Crippen LogP contribution < -0.4 is 0 Å². The van der Waals surface area contributed by atoms with Crippen LogP contribution >= 0.6 is 0 Å². The van der Waals surface area contributed by atoms with Crippen molar-refractivity contribution in [2.75, 3.05) is 41.7 Å². The fraction of sp³-hybridized carbons (Fsp3) is 0.818. The molecule has 10 atom stereocenters. The van der Waals surface area contributed by atoms with Crippen molar-refractivity contribution in [3.05, 3.63) is 35.9 Å². The number of aliphatic hydroxyl groups excluding tert-OH is 1. The van der Waals surface area contributed by atoms with Crippen molar-refractivity contribution in [3.63, 3.8) is 0 Å². The molecule has 0 bridgehead atoms. The summed E-state index contributed by atoms with van der Waals surface area (Å²) in [6, 6.07) is 10.0. The molecule has 1 saturated heterocycles. The summed E-state index contributed by atoms with van der Waals surface area (Å²) in [4.78, 5) is 30.7. The van der Waals surface area contributed by atoms with Crippen LogP contribution in [0.25, 0.3) is 0 Å². The van der Waals surface area contributed by atoms with Gasteiger partial charge in [0, 0.05) is 55.0 Å². The number of benzene rings is 1. The maximum atomic E-state index is 15.4. The number of hydrogen-bond donors (Lipinski definition) is 1. The normalized spacial score (nSPS) is 23.4. The summed E-state index contributed by atoms with van der Waals surface area (Å²) < 4.78 is 56.1. The van der Waals surface area contributed by atoms with Gasteiger partial charge < -0.3 is 47.1 Å². The summed E-state index contributed by atoms with van der Waals surface area (Å²) in [7, 11) is -0.325. The standard InChI is InChI=1S/C44H83NO12Si3/c1-30(31(2)56-59(16,17)43(3,4)5)34(57-60(18,19)44(6,7)8)27-33(46)36(54-28-32-23-21-20-22-24-32)40(47)45(42(48)53-25-26-58(13,14)15)41-39(52-12)38(51-11)37(50-10)35(55-41)29-49-9/h20-24,30-31,33-39,41,46H,25-29H2,1-19H3/t30-,31+,33+,34+,35+,36-,37+,38-,39+,41+/m0/s1. The first-order chi connectivity index (χ1) is 27.6. The first-order valence-electron chi connectivity index (χ1n) is 21.5. The molecular weight excluding hydrogens is 819 g/mol. The summed E-state index contributed by atoms with van der Waals surface area (Å²) in [5.41, 5.74) is 0.775. The Hall–Kier alpha value is -1.55. The van der Waals surface area contributed by atoms with Gasteiger partial charge in [-0.3, -0.25) is 4.79 Å². The van der Waals surface area contributed by atoms with Gasteiger partial charge in [-0.25, -0.2) is 9.69 Å². The van der Waals surface area contributed by atoms with E-state index in [0.29, 0.717) is 6.04 Å². The third-order valence-corrected chi connectivity index (χ3v) is 23.5. The van der Waals surface area contributed by atoms with E-state index < -0.39 is 85.7 Å². The Bertz CT molecular complexity index is 1450.